The Hall–Kier alpha value is -2.77. The highest BCUT2D eigenvalue weighted by Gasteiger charge is 2.32. The summed E-state index contributed by atoms with van der Waals surface area (Å²) in [7, 11) is -7.29. The Morgan fingerprint density at radius 3 is 2.69 bits per heavy atom. The molecule has 0 bridgehead atoms. The SMILES string of the molecule is CCCOc1ccc(S(=O)(=O)NC2CCS(=O)(=O)C2)cc1-c1nn2c(CCC)nc(C)c2c(=O)[nH]1. The van der Waals surface area contributed by atoms with Gasteiger partial charge in [-0.2, -0.15) is 0 Å². The van der Waals surface area contributed by atoms with Crippen LogP contribution in [0.1, 0.15) is 44.6 Å². The smallest absolute Gasteiger partial charge is 0.277 e. The summed E-state index contributed by atoms with van der Waals surface area (Å²) in [6.07, 6.45) is 2.37. The second-order valence-corrected chi connectivity index (χ2v) is 12.6. The maximum absolute atomic E-state index is 13.1. The zero-order valence-electron chi connectivity index (χ0n) is 19.9. The van der Waals surface area contributed by atoms with E-state index in [1.165, 1.54) is 22.7 Å². The normalized spacial score (nSPS) is 17.7. The van der Waals surface area contributed by atoms with Gasteiger partial charge in [0.05, 0.1) is 34.3 Å². The Kier molecular flexibility index (Phi) is 7.02. The predicted molar refractivity (Wildman–Crippen MR) is 131 cm³/mol. The van der Waals surface area contributed by atoms with Crippen molar-refractivity contribution in [2.45, 2.75) is 57.4 Å². The molecule has 3 aromatic rings. The van der Waals surface area contributed by atoms with Gasteiger partial charge in [0.25, 0.3) is 5.56 Å². The fourth-order valence-electron chi connectivity index (χ4n) is 4.12. The Labute approximate surface area is 203 Å². The summed E-state index contributed by atoms with van der Waals surface area (Å²) in [5.74, 6) is 0.860. The fourth-order valence-corrected chi connectivity index (χ4v) is 7.19. The van der Waals surface area contributed by atoms with Gasteiger partial charge in [0.15, 0.2) is 21.2 Å². The van der Waals surface area contributed by atoms with E-state index in [0.29, 0.717) is 41.4 Å². The summed E-state index contributed by atoms with van der Waals surface area (Å²) < 4.78 is 59.5. The average molecular weight is 524 g/mol. The molecule has 3 heterocycles. The predicted octanol–water partition coefficient (Wildman–Crippen LogP) is 1.60. The highest BCUT2D eigenvalue weighted by Crippen LogP contribution is 2.31. The number of fused-ring (bicyclic) bond motifs is 1. The van der Waals surface area contributed by atoms with Gasteiger partial charge < -0.3 is 9.72 Å². The van der Waals surface area contributed by atoms with Crippen LogP contribution in [0.2, 0.25) is 0 Å². The molecule has 0 aliphatic carbocycles. The number of rotatable bonds is 9. The molecule has 0 saturated carbocycles. The van der Waals surface area contributed by atoms with E-state index in [0.717, 1.165) is 12.8 Å². The highest BCUT2D eigenvalue weighted by molar-refractivity contribution is 7.92. The van der Waals surface area contributed by atoms with Crippen LogP contribution in [0.25, 0.3) is 16.9 Å². The van der Waals surface area contributed by atoms with Crippen molar-refractivity contribution in [3.63, 3.8) is 0 Å². The van der Waals surface area contributed by atoms with Crippen molar-refractivity contribution in [3.05, 3.63) is 40.1 Å². The van der Waals surface area contributed by atoms with Gasteiger partial charge >= 0.3 is 0 Å². The van der Waals surface area contributed by atoms with Crippen LogP contribution in [-0.2, 0) is 26.3 Å². The number of ether oxygens (including phenoxy) is 1. The number of aromatic nitrogens is 4. The summed E-state index contributed by atoms with van der Waals surface area (Å²) in [6.45, 7) is 6.06. The summed E-state index contributed by atoms with van der Waals surface area (Å²) in [4.78, 5) is 20.0. The molecular weight excluding hydrogens is 494 g/mol. The van der Waals surface area contributed by atoms with E-state index in [1.54, 1.807) is 6.92 Å². The van der Waals surface area contributed by atoms with E-state index in [1.807, 2.05) is 13.8 Å². The lowest BCUT2D eigenvalue weighted by atomic mass is 10.2. The fraction of sp³-hybridized carbons (Fsp3) is 0.500. The lowest BCUT2D eigenvalue weighted by Gasteiger charge is -2.15. The maximum Gasteiger partial charge on any atom is 0.277 e. The monoisotopic (exact) mass is 523 g/mol. The molecule has 1 fully saturated rings. The van der Waals surface area contributed by atoms with Crippen LogP contribution in [0.3, 0.4) is 0 Å². The number of aromatic amines is 1. The largest absolute Gasteiger partial charge is 0.493 e. The molecule has 35 heavy (non-hydrogen) atoms. The third-order valence-electron chi connectivity index (χ3n) is 5.75. The van der Waals surface area contributed by atoms with Crippen LogP contribution in [0.15, 0.2) is 27.9 Å². The molecule has 2 aromatic heterocycles. The molecule has 4 rings (SSSR count). The summed E-state index contributed by atoms with van der Waals surface area (Å²) in [6, 6.07) is 3.59. The van der Waals surface area contributed by atoms with E-state index >= 15 is 0 Å². The van der Waals surface area contributed by atoms with Crippen molar-refractivity contribution >= 4 is 25.4 Å². The van der Waals surface area contributed by atoms with E-state index in [9.17, 15) is 21.6 Å². The van der Waals surface area contributed by atoms with Gasteiger partial charge in [-0.1, -0.05) is 13.8 Å². The Balaban J connectivity index is 1.81. The Bertz CT molecular complexity index is 1530. The number of nitrogens with one attached hydrogen (secondary N) is 2. The first-order chi connectivity index (χ1) is 16.5. The van der Waals surface area contributed by atoms with E-state index in [4.69, 9.17) is 4.74 Å². The van der Waals surface area contributed by atoms with Gasteiger partial charge in [0.2, 0.25) is 10.0 Å². The van der Waals surface area contributed by atoms with Crippen molar-refractivity contribution in [2.75, 3.05) is 18.1 Å². The number of hydrogen-bond donors (Lipinski definition) is 2. The van der Waals surface area contributed by atoms with Crippen molar-refractivity contribution in [3.8, 4) is 17.1 Å². The molecule has 2 N–H and O–H groups in total. The second-order valence-electron chi connectivity index (χ2n) is 8.65. The molecule has 0 radical (unpaired) electrons. The van der Waals surface area contributed by atoms with Crippen LogP contribution in [0.4, 0.5) is 0 Å². The minimum atomic E-state index is -4.04. The van der Waals surface area contributed by atoms with Gasteiger partial charge in [-0.15, -0.1) is 5.10 Å². The van der Waals surface area contributed by atoms with Crippen molar-refractivity contribution in [2.24, 2.45) is 0 Å². The van der Waals surface area contributed by atoms with Gasteiger partial charge in [-0.05, 0) is 44.4 Å². The molecular formula is C22H29N5O6S2. The number of benzene rings is 1. The van der Waals surface area contributed by atoms with Crippen LogP contribution in [0.5, 0.6) is 5.75 Å². The highest BCUT2D eigenvalue weighted by atomic mass is 32.2. The molecule has 1 unspecified atom stereocenters. The van der Waals surface area contributed by atoms with Gasteiger partial charge in [-0.25, -0.2) is 31.1 Å². The van der Waals surface area contributed by atoms with Crippen LogP contribution >= 0.6 is 0 Å². The van der Waals surface area contributed by atoms with E-state index in [2.05, 4.69) is 19.8 Å². The number of hydrogen-bond acceptors (Lipinski definition) is 8. The zero-order valence-corrected chi connectivity index (χ0v) is 21.5. The van der Waals surface area contributed by atoms with Crippen molar-refractivity contribution in [1.82, 2.24) is 24.3 Å². The first-order valence-electron chi connectivity index (χ1n) is 11.5. The van der Waals surface area contributed by atoms with Crippen LogP contribution in [-0.4, -0.2) is 60.6 Å². The summed E-state index contributed by atoms with van der Waals surface area (Å²) in [5, 5.41) is 4.58. The molecule has 1 aromatic carbocycles. The van der Waals surface area contributed by atoms with E-state index in [-0.39, 0.29) is 28.6 Å². The van der Waals surface area contributed by atoms with Crippen LogP contribution in [0, 0.1) is 6.92 Å². The van der Waals surface area contributed by atoms with Crippen LogP contribution < -0.4 is 15.0 Å². The number of sulfone groups is 1. The average Bonchev–Trinajstić information content (AvgIpc) is 3.30. The Morgan fingerprint density at radius 1 is 1.26 bits per heavy atom. The minimum Gasteiger partial charge on any atom is -0.493 e. The third-order valence-corrected chi connectivity index (χ3v) is 9.03. The number of sulfonamides is 1. The van der Waals surface area contributed by atoms with Crippen molar-refractivity contribution in [1.29, 1.82) is 0 Å². The first-order valence-corrected chi connectivity index (χ1v) is 14.8. The summed E-state index contributed by atoms with van der Waals surface area (Å²) in [5.41, 5.74) is 0.795. The van der Waals surface area contributed by atoms with Gasteiger partial charge in [0.1, 0.15) is 11.6 Å². The van der Waals surface area contributed by atoms with Crippen molar-refractivity contribution < 1.29 is 21.6 Å². The summed E-state index contributed by atoms with van der Waals surface area (Å²) >= 11 is 0. The molecule has 1 saturated heterocycles. The van der Waals surface area contributed by atoms with Gasteiger partial charge in [-0.3, -0.25) is 4.79 Å². The molecule has 0 spiro atoms. The zero-order chi connectivity index (χ0) is 25.4. The molecule has 1 atom stereocenters. The van der Waals surface area contributed by atoms with E-state index < -0.39 is 31.5 Å². The number of aryl methyl sites for hydroxylation is 2. The molecule has 1 aliphatic rings. The topological polar surface area (TPSA) is 153 Å². The third kappa shape index (κ3) is 5.26. The molecule has 0 amide bonds. The minimum absolute atomic E-state index is 0.0508. The number of imidazole rings is 1. The lowest BCUT2D eigenvalue weighted by molar-refractivity contribution is 0.318. The maximum atomic E-state index is 13.1. The van der Waals surface area contributed by atoms with Gasteiger partial charge in [0, 0.05) is 12.5 Å². The molecule has 1 aliphatic heterocycles. The first kappa shape index (κ1) is 25.3. The Morgan fingerprint density at radius 2 is 2.03 bits per heavy atom. The molecule has 190 valence electrons. The number of nitrogens with zero attached hydrogens (tertiary/aromatic N) is 3. The standard InChI is InChI=1S/C22H29N5O6S2/c1-4-6-19-23-14(3)20-22(28)24-21(25-27(19)20)17-12-16(7-8-18(17)33-10-5-2)35(31,32)26-15-9-11-34(29,30)13-15/h7-8,12,15,26H,4-6,9-11,13H2,1-3H3,(H,24,25,28). The number of H-pyrrole nitrogens is 1. The molecule has 13 heteroatoms. The molecule has 11 nitrogen and oxygen atoms in total. The quantitative estimate of drug-likeness (QED) is 0.429. The lowest BCUT2D eigenvalue weighted by Crippen LogP contribution is -2.35. The second kappa shape index (κ2) is 9.70.